The van der Waals surface area contributed by atoms with Gasteiger partial charge in [0, 0.05) is 24.9 Å². The van der Waals surface area contributed by atoms with Gasteiger partial charge in [-0.05, 0) is 13.0 Å². The molecule has 0 aliphatic heterocycles. The Hall–Kier alpha value is -4.01. The molecule has 0 N–H and O–H groups in total. The highest BCUT2D eigenvalue weighted by molar-refractivity contribution is 5.89. The van der Waals surface area contributed by atoms with Gasteiger partial charge in [0.15, 0.2) is 6.61 Å². The van der Waals surface area contributed by atoms with E-state index < -0.39 is 5.97 Å². The number of rotatable bonds is 5. The lowest BCUT2D eigenvalue weighted by Crippen LogP contribution is -2.17. The van der Waals surface area contributed by atoms with Crippen LogP contribution in [0.2, 0.25) is 0 Å². The van der Waals surface area contributed by atoms with Gasteiger partial charge in [0.2, 0.25) is 0 Å². The molecule has 0 spiro atoms. The summed E-state index contributed by atoms with van der Waals surface area (Å²) in [5, 5.41) is 12.0. The highest BCUT2D eigenvalue weighted by atomic mass is 16.5. The summed E-state index contributed by atoms with van der Waals surface area (Å²) < 4.78 is 17.4. The molecular formula is C20H16N4O5. The van der Waals surface area contributed by atoms with Crippen LogP contribution >= 0.6 is 0 Å². The normalized spacial score (nSPS) is 10.8. The van der Waals surface area contributed by atoms with Crippen LogP contribution in [0.4, 0.5) is 0 Å². The van der Waals surface area contributed by atoms with E-state index in [1.54, 1.807) is 14.0 Å². The van der Waals surface area contributed by atoms with Crippen molar-refractivity contribution in [3.05, 3.63) is 76.2 Å². The lowest BCUT2D eigenvalue weighted by Gasteiger charge is -2.02. The van der Waals surface area contributed by atoms with Crippen LogP contribution in [0.15, 0.2) is 62.4 Å². The van der Waals surface area contributed by atoms with E-state index >= 15 is 0 Å². The Balaban J connectivity index is 1.52. The molecule has 3 aromatic heterocycles. The fourth-order valence-electron chi connectivity index (χ4n) is 2.72. The van der Waals surface area contributed by atoms with Gasteiger partial charge < -0.3 is 18.2 Å². The molecule has 0 amide bonds. The molecule has 3 heterocycles. The van der Waals surface area contributed by atoms with Crippen molar-refractivity contribution in [3.8, 4) is 22.7 Å². The Kier molecular flexibility index (Phi) is 4.78. The number of benzene rings is 1. The van der Waals surface area contributed by atoms with Crippen molar-refractivity contribution in [1.29, 1.82) is 0 Å². The SMILES string of the molecule is Cc1onc(-c2ccccc2)c1-c1nnc(COC(=O)c2ccn(C)c(=O)c2)o1. The molecule has 0 unspecified atom stereocenters. The number of aryl methyl sites for hydroxylation is 2. The second-order valence-corrected chi connectivity index (χ2v) is 6.27. The number of ether oxygens (including phenoxy) is 1. The number of hydrogen-bond acceptors (Lipinski definition) is 8. The monoisotopic (exact) mass is 392 g/mol. The fourth-order valence-corrected chi connectivity index (χ4v) is 2.72. The zero-order valence-corrected chi connectivity index (χ0v) is 15.7. The molecule has 4 rings (SSSR count). The molecule has 9 heteroatoms. The zero-order chi connectivity index (χ0) is 20.4. The van der Waals surface area contributed by atoms with Crippen molar-refractivity contribution in [2.24, 2.45) is 7.05 Å². The van der Waals surface area contributed by atoms with Crippen molar-refractivity contribution in [2.75, 3.05) is 0 Å². The highest BCUT2D eigenvalue weighted by Crippen LogP contribution is 2.33. The van der Waals surface area contributed by atoms with Crippen LogP contribution in [0.1, 0.15) is 22.0 Å². The first kappa shape index (κ1) is 18.4. The molecule has 0 aliphatic rings. The van der Waals surface area contributed by atoms with Crippen molar-refractivity contribution < 1.29 is 18.5 Å². The van der Waals surface area contributed by atoms with Crippen LogP contribution in [0.25, 0.3) is 22.7 Å². The van der Waals surface area contributed by atoms with Gasteiger partial charge in [-0.25, -0.2) is 4.79 Å². The Morgan fingerprint density at radius 1 is 1.17 bits per heavy atom. The number of hydrogen-bond donors (Lipinski definition) is 0. The maximum Gasteiger partial charge on any atom is 0.338 e. The number of aromatic nitrogens is 4. The summed E-state index contributed by atoms with van der Waals surface area (Å²) in [5.41, 5.74) is 1.84. The minimum atomic E-state index is -0.659. The minimum Gasteiger partial charge on any atom is -0.452 e. The first-order valence-electron chi connectivity index (χ1n) is 8.71. The second kappa shape index (κ2) is 7.55. The highest BCUT2D eigenvalue weighted by Gasteiger charge is 2.22. The first-order valence-corrected chi connectivity index (χ1v) is 8.71. The number of nitrogens with zero attached hydrogens (tertiary/aromatic N) is 4. The van der Waals surface area contributed by atoms with Crippen LogP contribution in [-0.2, 0) is 18.4 Å². The van der Waals surface area contributed by atoms with E-state index in [0.29, 0.717) is 17.0 Å². The smallest absolute Gasteiger partial charge is 0.338 e. The average Bonchev–Trinajstić information content (AvgIpc) is 3.35. The molecule has 146 valence electrons. The van der Waals surface area contributed by atoms with Crippen LogP contribution in [-0.4, -0.2) is 25.9 Å². The van der Waals surface area contributed by atoms with E-state index in [0.717, 1.165) is 5.56 Å². The number of carbonyl (C=O) groups excluding carboxylic acids is 1. The number of esters is 1. The number of carbonyl (C=O) groups is 1. The zero-order valence-electron chi connectivity index (χ0n) is 15.7. The largest absolute Gasteiger partial charge is 0.452 e. The third kappa shape index (κ3) is 3.70. The molecular weight excluding hydrogens is 376 g/mol. The molecule has 29 heavy (non-hydrogen) atoms. The molecule has 0 radical (unpaired) electrons. The van der Waals surface area contributed by atoms with Crippen molar-refractivity contribution >= 4 is 5.97 Å². The summed E-state index contributed by atoms with van der Waals surface area (Å²) >= 11 is 0. The Morgan fingerprint density at radius 3 is 2.72 bits per heavy atom. The molecule has 0 aliphatic carbocycles. The first-order chi connectivity index (χ1) is 14.0. The summed E-state index contributed by atoms with van der Waals surface area (Å²) in [4.78, 5) is 23.8. The lowest BCUT2D eigenvalue weighted by molar-refractivity contribution is 0.0438. The summed E-state index contributed by atoms with van der Waals surface area (Å²) in [6.45, 7) is 1.51. The molecule has 0 bridgehead atoms. The van der Waals surface area contributed by atoms with Gasteiger partial charge in [-0.2, -0.15) is 0 Å². The summed E-state index contributed by atoms with van der Waals surface area (Å²) in [6.07, 6.45) is 1.49. The summed E-state index contributed by atoms with van der Waals surface area (Å²) in [6, 6.07) is 12.2. The van der Waals surface area contributed by atoms with Gasteiger partial charge in [-0.1, -0.05) is 35.5 Å². The maximum absolute atomic E-state index is 12.1. The van der Waals surface area contributed by atoms with Crippen LogP contribution in [0, 0.1) is 6.92 Å². The van der Waals surface area contributed by atoms with E-state index in [9.17, 15) is 9.59 Å². The summed E-state index contributed by atoms with van der Waals surface area (Å²) in [5.74, 6) is 0.184. The quantitative estimate of drug-likeness (QED) is 0.476. The molecule has 4 aromatic rings. The van der Waals surface area contributed by atoms with Crippen molar-refractivity contribution in [3.63, 3.8) is 0 Å². The Labute approximate surface area is 164 Å². The number of pyridine rings is 1. The fraction of sp³-hybridized carbons (Fsp3) is 0.150. The van der Waals surface area contributed by atoms with Crippen molar-refractivity contribution in [1.82, 2.24) is 19.9 Å². The van der Waals surface area contributed by atoms with Gasteiger partial charge in [-0.15, -0.1) is 10.2 Å². The van der Waals surface area contributed by atoms with E-state index in [1.165, 1.54) is 22.9 Å². The topological polar surface area (TPSA) is 113 Å². The van der Waals surface area contributed by atoms with E-state index in [-0.39, 0.29) is 29.5 Å². The molecule has 0 fully saturated rings. The predicted molar refractivity (Wildman–Crippen MR) is 101 cm³/mol. The lowest BCUT2D eigenvalue weighted by atomic mass is 10.1. The standard InChI is InChI=1S/C20H16N4O5/c1-12-17(18(23-29-12)13-6-4-3-5-7-13)19-22-21-15(28-19)11-27-20(26)14-8-9-24(2)16(25)10-14/h3-10H,11H2,1-2H3. The average molecular weight is 392 g/mol. The van der Waals surface area contributed by atoms with Gasteiger partial charge in [0.1, 0.15) is 17.0 Å². The minimum absolute atomic E-state index is 0.108. The van der Waals surface area contributed by atoms with Gasteiger partial charge in [-0.3, -0.25) is 4.79 Å². The predicted octanol–water partition coefficient (Wildman–Crippen LogP) is 2.76. The molecule has 9 nitrogen and oxygen atoms in total. The van der Waals surface area contributed by atoms with Crippen LogP contribution in [0.3, 0.4) is 0 Å². The van der Waals surface area contributed by atoms with E-state index in [2.05, 4.69) is 15.4 Å². The third-order valence-electron chi connectivity index (χ3n) is 4.26. The van der Waals surface area contributed by atoms with Gasteiger partial charge in [0.25, 0.3) is 17.3 Å². The maximum atomic E-state index is 12.1. The second-order valence-electron chi connectivity index (χ2n) is 6.27. The van der Waals surface area contributed by atoms with Crippen LogP contribution < -0.4 is 5.56 Å². The van der Waals surface area contributed by atoms with Crippen LogP contribution in [0.5, 0.6) is 0 Å². The summed E-state index contributed by atoms with van der Waals surface area (Å²) in [7, 11) is 1.59. The molecule has 0 atom stereocenters. The molecule has 0 saturated heterocycles. The Morgan fingerprint density at radius 2 is 1.97 bits per heavy atom. The molecule has 0 saturated carbocycles. The third-order valence-corrected chi connectivity index (χ3v) is 4.26. The van der Waals surface area contributed by atoms with Gasteiger partial charge in [0.05, 0.1) is 5.56 Å². The van der Waals surface area contributed by atoms with Gasteiger partial charge >= 0.3 is 5.97 Å². The van der Waals surface area contributed by atoms with E-state index in [4.69, 9.17) is 13.7 Å². The molecule has 1 aromatic carbocycles. The van der Waals surface area contributed by atoms with E-state index in [1.807, 2.05) is 30.3 Å². The van der Waals surface area contributed by atoms with Crippen molar-refractivity contribution in [2.45, 2.75) is 13.5 Å². The Bertz CT molecular complexity index is 1220.